The van der Waals surface area contributed by atoms with Gasteiger partial charge in [-0.15, -0.1) is 0 Å². The van der Waals surface area contributed by atoms with Gasteiger partial charge < -0.3 is 9.64 Å². The van der Waals surface area contributed by atoms with Crippen molar-refractivity contribution in [2.45, 2.75) is 12.5 Å². The van der Waals surface area contributed by atoms with Crippen molar-refractivity contribution in [3.05, 3.63) is 54.1 Å². The maximum Gasteiger partial charge on any atom is 0.0890 e. The summed E-state index contributed by atoms with van der Waals surface area (Å²) in [7, 11) is 2.19. The average molecular weight is 265 g/mol. The molecule has 0 amide bonds. The largest absolute Gasteiger partial charge is 0.374 e. The first-order chi connectivity index (χ1) is 9.83. The molecule has 2 atom stereocenters. The first-order valence-electron chi connectivity index (χ1n) is 7.35. The number of ether oxygens (including phenoxy) is 1. The van der Waals surface area contributed by atoms with Crippen LogP contribution in [0.15, 0.2) is 48.5 Å². The summed E-state index contributed by atoms with van der Waals surface area (Å²) in [6, 6.07) is 17.4. The molecule has 0 aromatic heterocycles. The zero-order valence-corrected chi connectivity index (χ0v) is 11.8. The number of hydrogen-bond donors (Lipinski definition) is 0. The van der Waals surface area contributed by atoms with Crippen molar-refractivity contribution < 1.29 is 4.74 Å². The van der Waals surface area contributed by atoms with E-state index in [0.717, 1.165) is 13.2 Å². The fourth-order valence-corrected chi connectivity index (χ4v) is 3.55. The third kappa shape index (κ3) is 1.83. The van der Waals surface area contributed by atoms with Crippen LogP contribution in [0.5, 0.6) is 0 Å². The molecule has 0 saturated carbocycles. The van der Waals surface area contributed by atoms with Gasteiger partial charge in [0.2, 0.25) is 0 Å². The first kappa shape index (κ1) is 12.0. The Morgan fingerprint density at radius 2 is 1.90 bits per heavy atom. The molecule has 2 aliphatic heterocycles. The molecule has 0 spiro atoms. The van der Waals surface area contributed by atoms with Crippen LogP contribution in [0.25, 0.3) is 11.1 Å². The van der Waals surface area contributed by atoms with Crippen LogP contribution >= 0.6 is 0 Å². The molecular formula is C18H19NO. The number of nitrogens with zero attached hydrogens (tertiary/aromatic N) is 1. The van der Waals surface area contributed by atoms with Crippen molar-refractivity contribution in [2.75, 3.05) is 25.1 Å². The second kappa shape index (κ2) is 4.64. The van der Waals surface area contributed by atoms with Crippen LogP contribution in [-0.4, -0.2) is 20.2 Å². The second-order valence-corrected chi connectivity index (χ2v) is 5.86. The van der Waals surface area contributed by atoms with Crippen molar-refractivity contribution in [1.82, 2.24) is 0 Å². The molecule has 2 heterocycles. The van der Waals surface area contributed by atoms with Gasteiger partial charge in [0.1, 0.15) is 0 Å². The quantitative estimate of drug-likeness (QED) is 0.776. The predicted octanol–water partition coefficient (Wildman–Crippen LogP) is 3.88. The van der Waals surface area contributed by atoms with Crippen LogP contribution in [0.2, 0.25) is 0 Å². The summed E-state index contributed by atoms with van der Waals surface area (Å²) < 4.78 is 6.00. The first-order valence-corrected chi connectivity index (χ1v) is 7.35. The van der Waals surface area contributed by atoms with E-state index >= 15 is 0 Å². The van der Waals surface area contributed by atoms with Gasteiger partial charge in [0.05, 0.1) is 6.10 Å². The van der Waals surface area contributed by atoms with Crippen molar-refractivity contribution in [3.8, 4) is 11.1 Å². The molecule has 2 nitrogen and oxygen atoms in total. The van der Waals surface area contributed by atoms with Gasteiger partial charge in [0.15, 0.2) is 0 Å². The van der Waals surface area contributed by atoms with Gasteiger partial charge in [0, 0.05) is 37.4 Å². The van der Waals surface area contributed by atoms with Crippen molar-refractivity contribution in [3.63, 3.8) is 0 Å². The Hall–Kier alpha value is -1.80. The average Bonchev–Trinajstić information content (AvgIpc) is 2.96. The van der Waals surface area contributed by atoms with Gasteiger partial charge in [-0.2, -0.15) is 0 Å². The highest BCUT2D eigenvalue weighted by atomic mass is 16.5. The smallest absolute Gasteiger partial charge is 0.0890 e. The van der Waals surface area contributed by atoms with E-state index in [1.54, 1.807) is 0 Å². The van der Waals surface area contributed by atoms with Crippen LogP contribution in [0.3, 0.4) is 0 Å². The molecule has 1 saturated heterocycles. The van der Waals surface area contributed by atoms with Gasteiger partial charge in [-0.05, 0) is 29.7 Å². The van der Waals surface area contributed by atoms with E-state index < -0.39 is 0 Å². The summed E-state index contributed by atoms with van der Waals surface area (Å²) in [5.74, 6) is 0.651. The van der Waals surface area contributed by atoms with E-state index in [0.29, 0.717) is 12.0 Å². The Labute approximate surface area is 120 Å². The second-order valence-electron chi connectivity index (χ2n) is 5.86. The lowest BCUT2D eigenvalue weighted by Gasteiger charge is -2.35. The van der Waals surface area contributed by atoms with E-state index in [1.165, 1.54) is 28.8 Å². The Kier molecular flexibility index (Phi) is 2.78. The Balaban J connectivity index is 1.81. The molecule has 2 unspecified atom stereocenters. The molecule has 2 aromatic rings. The van der Waals surface area contributed by atoms with Crippen LogP contribution in [-0.2, 0) is 4.74 Å². The van der Waals surface area contributed by atoms with E-state index in [2.05, 4.69) is 60.5 Å². The predicted molar refractivity (Wildman–Crippen MR) is 81.9 cm³/mol. The molecule has 1 fully saturated rings. The van der Waals surface area contributed by atoms with Crippen LogP contribution in [0.1, 0.15) is 18.1 Å². The zero-order chi connectivity index (χ0) is 13.5. The van der Waals surface area contributed by atoms with Crippen LogP contribution in [0.4, 0.5) is 5.69 Å². The third-order valence-corrected chi connectivity index (χ3v) is 4.57. The molecule has 0 bridgehead atoms. The van der Waals surface area contributed by atoms with Crippen molar-refractivity contribution in [2.24, 2.45) is 5.92 Å². The lowest BCUT2D eigenvalue weighted by molar-refractivity contribution is 0.0891. The molecule has 102 valence electrons. The van der Waals surface area contributed by atoms with Crippen molar-refractivity contribution in [1.29, 1.82) is 0 Å². The monoisotopic (exact) mass is 265 g/mol. The third-order valence-electron chi connectivity index (χ3n) is 4.57. The van der Waals surface area contributed by atoms with Gasteiger partial charge >= 0.3 is 0 Å². The van der Waals surface area contributed by atoms with Gasteiger partial charge in [-0.3, -0.25) is 0 Å². The SMILES string of the molecule is CN1CC2CCOC2c2cc(-c3ccccc3)ccc21. The molecule has 20 heavy (non-hydrogen) atoms. The summed E-state index contributed by atoms with van der Waals surface area (Å²) >= 11 is 0. The normalized spacial score (nSPS) is 24.4. The minimum absolute atomic E-state index is 0.296. The highest BCUT2D eigenvalue weighted by Gasteiger charge is 2.36. The summed E-state index contributed by atoms with van der Waals surface area (Å²) in [5.41, 5.74) is 5.25. The number of rotatable bonds is 1. The minimum Gasteiger partial charge on any atom is -0.374 e. The van der Waals surface area contributed by atoms with Gasteiger partial charge in [0.25, 0.3) is 0 Å². The number of hydrogen-bond acceptors (Lipinski definition) is 2. The lowest BCUT2D eigenvalue weighted by Crippen LogP contribution is -2.33. The molecule has 2 aliphatic rings. The van der Waals surface area contributed by atoms with Crippen LogP contribution in [0, 0.1) is 5.92 Å². The molecule has 4 rings (SSSR count). The van der Waals surface area contributed by atoms with E-state index in [-0.39, 0.29) is 0 Å². The molecule has 2 heteroatoms. The van der Waals surface area contributed by atoms with Gasteiger partial charge in [-0.1, -0.05) is 36.4 Å². The minimum atomic E-state index is 0.296. The highest BCUT2D eigenvalue weighted by molar-refractivity contribution is 5.70. The fraction of sp³-hybridized carbons (Fsp3) is 0.333. The zero-order valence-electron chi connectivity index (χ0n) is 11.8. The van der Waals surface area contributed by atoms with E-state index in [1.807, 2.05) is 0 Å². The fourth-order valence-electron chi connectivity index (χ4n) is 3.55. The van der Waals surface area contributed by atoms with Crippen molar-refractivity contribution >= 4 is 5.69 Å². The van der Waals surface area contributed by atoms with E-state index in [4.69, 9.17) is 4.74 Å². The number of fused-ring (bicyclic) bond motifs is 3. The lowest BCUT2D eigenvalue weighted by atomic mass is 9.87. The maximum absolute atomic E-state index is 6.00. The Morgan fingerprint density at radius 1 is 1.05 bits per heavy atom. The topological polar surface area (TPSA) is 12.5 Å². The Bertz CT molecular complexity index is 623. The molecule has 0 radical (unpaired) electrons. The summed E-state index contributed by atoms with van der Waals surface area (Å²) in [4.78, 5) is 2.37. The molecule has 0 N–H and O–H groups in total. The summed E-state index contributed by atoms with van der Waals surface area (Å²) in [5, 5.41) is 0. The van der Waals surface area contributed by atoms with Gasteiger partial charge in [-0.25, -0.2) is 0 Å². The standard InChI is InChI=1S/C18H19NO/c1-19-12-15-9-10-20-18(15)16-11-14(7-8-17(16)19)13-5-3-2-4-6-13/h2-8,11,15,18H,9-10,12H2,1H3. The molecule has 0 aliphatic carbocycles. The van der Waals surface area contributed by atoms with E-state index in [9.17, 15) is 0 Å². The highest BCUT2D eigenvalue weighted by Crippen LogP contribution is 2.44. The summed E-state index contributed by atoms with van der Waals surface area (Å²) in [6.07, 6.45) is 1.48. The molecule has 2 aromatic carbocycles. The maximum atomic E-state index is 6.00. The molecular weight excluding hydrogens is 246 g/mol. The van der Waals surface area contributed by atoms with Crippen LogP contribution < -0.4 is 4.90 Å². The number of benzene rings is 2. The number of anilines is 1. The summed E-state index contributed by atoms with van der Waals surface area (Å²) in [6.45, 7) is 2.01. The Morgan fingerprint density at radius 3 is 2.75 bits per heavy atom.